The molecule has 0 heterocycles. The lowest BCUT2D eigenvalue weighted by atomic mass is 10.2. The normalized spacial score (nSPS) is 9.80. The summed E-state index contributed by atoms with van der Waals surface area (Å²) in [5.74, 6) is 0. The number of nitrogen functional groups attached to an aromatic ring is 1. The molecule has 15 heavy (non-hydrogen) atoms. The number of primary sulfonamides is 1. The fourth-order valence-electron chi connectivity index (χ4n) is 0.987. The summed E-state index contributed by atoms with van der Waals surface area (Å²) in [7, 11) is -3.74. The zero-order valence-corrected chi connectivity index (χ0v) is 8.74. The van der Waals surface area contributed by atoms with Gasteiger partial charge in [-0.05, 0) is 11.6 Å². The van der Waals surface area contributed by atoms with Crippen molar-refractivity contribution >= 4 is 21.8 Å². The Labute approximate surface area is 88.7 Å². The second kappa shape index (κ2) is 5.14. The number of nitrogens with two attached hydrogens (primary N) is 2. The summed E-state index contributed by atoms with van der Waals surface area (Å²) in [6.07, 6.45) is 1.48. The lowest BCUT2D eigenvalue weighted by Crippen LogP contribution is -2.14. The molecule has 0 radical (unpaired) electrons. The van der Waals surface area contributed by atoms with Gasteiger partial charge in [-0.15, -0.1) is 0 Å². The van der Waals surface area contributed by atoms with Gasteiger partial charge in [-0.25, -0.2) is 18.8 Å². The smallest absolute Gasteiger partial charge is 0.240 e. The Morgan fingerprint density at radius 1 is 1.40 bits per heavy atom. The van der Waals surface area contributed by atoms with Crippen LogP contribution in [-0.4, -0.2) is 8.42 Å². The molecule has 80 valence electrons. The van der Waals surface area contributed by atoms with Crippen molar-refractivity contribution in [1.82, 2.24) is 0 Å². The third-order valence-corrected chi connectivity index (χ3v) is 2.60. The third kappa shape index (κ3) is 3.09. The van der Waals surface area contributed by atoms with Crippen LogP contribution in [0.15, 0.2) is 29.7 Å². The molecule has 0 bridgehead atoms. The Morgan fingerprint density at radius 3 is 2.33 bits per heavy atom. The molecule has 0 aliphatic rings. The monoisotopic (exact) mass is 225 g/mol. The second-order valence-corrected chi connectivity index (χ2v) is 4.04. The van der Waals surface area contributed by atoms with Gasteiger partial charge in [0.2, 0.25) is 10.0 Å². The SMILES string of the molecule is C#N.C=Cc1cccc(S(N)(=O)=O)c1N. The van der Waals surface area contributed by atoms with E-state index in [-0.39, 0.29) is 10.6 Å². The molecular formula is C9H11N3O2S. The van der Waals surface area contributed by atoms with Crippen LogP contribution in [0, 0.1) is 11.8 Å². The minimum absolute atomic E-state index is 0.0649. The van der Waals surface area contributed by atoms with Crippen LogP contribution in [0.1, 0.15) is 5.56 Å². The third-order valence-electron chi connectivity index (χ3n) is 1.63. The summed E-state index contributed by atoms with van der Waals surface area (Å²) in [5, 5.41) is 11.4. The van der Waals surface area contributed by atoms with E-state index in [4.69, 9.17) is 16.1 Å². The standard InChI is InChI=1S/C8H10N2O2S.CHN/c1-2-6-4-3-5-7(8(6)9)13(10,11)12;1-2/h2-5H,1,9H2,(H2,10,11,12);1H. The van der Waals surface area contributed by atoms with Gasteiger partial charge < -0.3 is 5.73 Å². The molecule has 1 aromatic rings. The van der Waals surface area contributed by atoms with Gasteiger partial charge >= 0.3 is 0 Å². The summed E-state index contributed by atoms with van der Waals surface area (Å²) in [4.78, 5) is -0.0649. The molecule has 0 unspecified atom stereocenters. The quantitative estimate of drug-likeness (QED) is 0.721. The van der Waals surface area contributed by atoms with Gasteiger partial charge in [-0.1, -0.05) is 24.8 Å². The molecule has 0 atom stereocenters. The van der Waals surface area contributed by atoms with Crippen LogP contribution in [0.2, 0.25) is 0 Å². The number of nitriles is 1. The van der Waals surface area contributed by atoms with Crippen molar-refractivity contribution < 1.29 is 8.42 Å². The first-order chi connectivity index (χ1) is 6.96. The Morgan fingerprint density at radius 2 is 1.93 bits per heavy atom. The van der Waals surface area contributed by atoms with Crippen molar-refractivity contribution in [3.63, 3.8) is 0 Å². The Hall–Kier alpha value is -1.84. The molecule has 5 nitrogen and oxygen atoms in total. The van der Waals surface area contributed by atoms with Gasteiger partial charge in [0, 0.05) is 6.57 Å². The van der Waals surface area contributed by atoms with Crippen molar-refractivity contribution in [3.05, 3.63) is 30.3 Å². The van der Waals surface area contributed by atoms with Gasteiger partial charge in [-0.3, -0.25) is 0 Å². The Balaban J connectivity index is 0.000000921. The number of nitrogens with zero attached hydrogens (tertiary/aromatic N) is 1. The maximum atomic E-state index is 11.0. The van der Waals surface area contributed by atoms with Crippen LogP contribution in [0.4, 0.5) is 5.69 Å². The maximum Gasteiger partial charge on any atom is 0.240 e. The van der Waals surface area contributed by atoms with Crippen LogP contribution >= 0.6 is 0 Å². The van der Waals surface area contributed by atoms with Crippen molar-refractivity contribution in [3.8, 4) is 6.57 Å². The number of benzene rings is 1. The maximum absolute atomic E-state index is 11.0. The van der Waals surface area contributed by atoms with Gasteiger partial charge in [0.15, 0.2) is 0 Å². The second-order valence-electron chi connectivity index (χ2n) is 2.51. The summed E-state index contributed by atoms with van der Waals surface area (Å²) in [5.41, 5.74) is 6.25. The molecule has 0 aliphatic heterocycles. The molecule has 0 aliphatic carbocycles. The molecule has 0 fully saturated rings. The van der Waals surface area contributed by atoms with Gasteiger partial charge in [0.1, 0.15) is 4.90 Å². The minimum Gasteiger partial charge on any atom is -0.397 e. The van der Waals surface area contributed by atoms with Crippen LogP contribution < -0.4 is 10.9 Å². The number of sulfonamides is 1. The summed E-state index contributed by atoms with van der Waals surface area (Å²) in [6.45, 7) is 7.00. The van der Waals surface area contributed by atoms with Gasteiger partial charge in [0.05, 0.1) is 5.69 Å². The van der Waals surface area contributed by atoms with E-state index in [9.17, 15) is 8.42 Å². The first-order valence-corrected chi connectivity index (χ1v) is 5.31. The highest BCUT2D eigenvalue weighted by atomic mass is 32.2. The topological polar surface area (TPSA) is 110 Å². The predicted molar refractivity (Wildman–Crippen MR) is 59.0 cm³/mol. The molecule has 0 saturated heterocycles. The Kier molecular flexibility index (Phi) is 4.51. The van der Waals surface area contributed by atoms with Gasteiger partial charge in [-0.2, -0.15) is 0 Å². The fourth-order valence-corrected chi connectivity index (χ4v) is 1.68. The highest BCUT2D eigenvalue weighted by molar-refractivity contribution is 7.89. The van der Waals surface area contributed by atoms with Crippen LogP contribution in [-0.2, 0) is 10.0 Å². The molecule has 0 spiro atoms. The van der Waals surface area contributed by atoms with E-state index in [0.717, 1.165) is 0 Å². The number of hydrogen-bond acceptors (Lipinski definition) is 4. The highest BCUT2D eigenvalue weighted by Gasteiger charge is 2.12. The number of para-hydroxylation sites is 1. The molecule has 1 rings (SSSR count). The largest absolute Gasteiger partial charge is 0.397 e. The van der Waals surface area contributed by atoms with E-state index in [2.05, 4.69) is 13.2 Å². The van der Waals surface area contributed by atoms with Crippen molar-refractivity contribution in [2.45, 2.75) is 4.90 Å². The summed E-state index contributed by atoms with van der Waals surface area (Å²) in [6, 6.07) is 4.59. The van der Waals surface area contributed by atoms with E-state index in [1.165, 1.54) is 12.1 Å². The fraction of sp³-hybridized carbons (Fsp3) is 0. The minimum atomic E-state index is -3.74. The van der Waals surface area contributed by atoms with E-state index in [1.807, 2.05) is 0 Å². The number of hydrogen-bond donors (Lipinski definition) is 2. The predicted octanol–water partition coefficient (Wildman–Crippen LogP) is 0.699. The summed E-state index contributed by atoms with van der Waals surface area (Å²) < 4.78 is 22.0. The van der Waals surface area contributed by atoms with Crippen molar-refractivity contribution in [1.29, 1.82) is 5.26 Å². The molecule has 4 N–H and O–H groups in total. The number of anilines is 1. The molecule has 6 heteroatoms. The molecule has 1 aromatic carbocycles. The van der Waals surface area contributed by atoms with Crippen LogP contribution in [0.25, 0.3) is 6.08 Å². The van der Waals surface area contributed by atoms with E-state index in [1.54, 1.807) is 12.1 Å². The molecule has 0 aromatic heterocycles. The van der Waals surface area contributed by atoms with Crippen molar-refractivity contribution in [2.75, 3.05) is 5.73 Å². The highest BCUT2D eigenvalue weighted by Crippen LogP contribution is 2.21. The average Bonchev–Trinajstić information content (AvgIpc) is 2.19. The lowest BCUT2D eigenvalue weighted by Gasteiger charge is -2.05. The van der Waals surface area contributed by atoms with Crippen LogP contribution in [0.3, 0.4) is 0 Å². The summed E-state index contributed by atoms with van der Waals surface area (Å²) >= 11 is 0. The van der Waals surface area contributed by atoms with Crippen molar-refractivity contribution in [2.24, 2.45) is 5.14 Å². The Bertz CT molecular complexity index is 477. The van der Waals surface area contributed by atoms with Gasteiger partial charge in [0.25, 0.3) is 0 Å². The molecule has 0 saturated carbocycles. The first-order valence-electron chi connectivity index (χ1n) is 3.76. The van der Waals surface area contributed by atoms with E-state index >= 15 is 0 Å². The molecular weight excluding hydrogens is 214 g/mol. The zero-order valence-electron chi connectivity index (χ0n) is 7.92. The number of rotatable bonds is 2. The zero-order chi connectivity index (χ0) is 12.1. The average molecular weight is 225 g/mol. The van der Waals surface area contributed by atoms with E-state index < -0.39 is 10.0 Å². The lowest BCUT2D eigenvalue weighted by molar-refractivity contribution is 0.598. The first kappa shape index (κ1) is 13.2. The molecule has 0 amide bonds. The van der Waals surface area contributed by atoms with E-state index in [0.29, 0.717) is 5.56 Å². The van der Waals surface area contributed by atoms with Crippen LogP contribution in [0.5, 0.6) is 0 Å².